The summed E-state index contributed by atoms with van der Waals surface area (Å²) < 4.78 is 14.4. The third-order valence-corrected chi connectivity index (χ3v) is 7.76. The van der Waals surface area contributed by atoms with Crippen LogP contribution in [0, 0.1) is 28.6 Å². The number of rotatable bonds is 0. The molecule has 4 rings (SSSR count). The van der Waals surface area contributed by atoms with E-state index in [-0.39, 0.29) is 16.6 Å². The van der Waals surface area contributed by atoms with Crippen molar-refractivity contribution in [3.8, 4) is 0 Å². The van der Waals surface area contributed by atoms with Gasteiger partial charge in [-0.15, -0.1) is 0 Å². The Kier molecular flexibility index (Phi) is 3.00. The standard InChI is InChI=1S/C19H25FO2/c1-18-10-8-15(21)17(20)14(18)4-3-11-12-5-6-16(22)19(12,2)9-7-13(11)18/h11-13H,3-10H2,1-2H3/t11-,12-,13-,18+,19-/m0/s1. The van der Waals surface area contributed by atoms with Crippen LogP contribution in [0.1, 0.15) is 65.2 Å². The summed E-state index contributed by atoms with van der Waals surface area (Å²) in [4.78, 5) is 24.1. The van der Waals surface area contributed by atoms with Gasteiger partial charge in [0.05, 0.1) is 0 Å². The van der Waals surface area contributed by atoms with Gasteiger partial charge in [0.2, 0.25) is 0 Å². The molecule has 0 amide bonds. The van der Waals surface area contributed by atoms with Crippen LogP contribution in [0.15, 0.2) is 11.4 Å². The van der Waals surface area contributed by atoms with Gasteiger partial charge < -0.3 is 0 Å². The molecule has 0 unspecified atom stereocenters. The van der Waals surface area contributed by atoms with E-state index in [1.54, 1.807) is 0 Å². The smallest absolute Gasteiger partial charge is 0.191 e. The summed E-state index contributed by atoms with van der Waals surface area (Å²) in [5.41, 5.74) is 0.535. The van der Waals surface area contributed by atoms with Gasteiger partial charge >= 0.3 is 0 Å². The molecule has 2 nitrogen and oxygen atoms in total. The minimum Gasteiger partial charge on any atom is -0.299 e. The van der Waals surface area contributed by atoms with Gasteiger partial charge in [-0.2, -0.15) is 0 Å². The summed E-state index contributed by atoms with van der Waals surface area (Å²) >= 11 is 0. The van der Waals surface area contributed by atoms with E-state index in [9.17, 15) is 14.0 Å². The minimum atomic E-state index is -0.428. The molecule has 3 heteroatoms. The molecule has 0 saturated heterocycles. The molecular weight excluding hydrogens is 279 g/mol. The van der Waals surface area contributed by atoms with E-state index in [0.29, 0.717) is 30.0 Å². The fourth-order valence-corrected chi connectivity index (χ4v) is 6.42. The van der Waals surface area contributed by atoms with E-state index in [2.05, 4.69) is 13.8 Å². The van der Waals surface area contributed by atoms with Gasteiger partial charge in [0, 0.05) is 18.3 Å². The molecule has 0 heterocycles. The second-order valence-corrected chi connectivity index (χ2v) is 8.47. The second-order valence-electron chi connectivity index (χ2n) is 8.47. The van der Waals surface area contributed by atoms with Crippen LogP contribution in [0.5, 0.6) is 0 Å². The first-order valence-electron chi connectivity index (χ1n) is 8.83. The van der Waals surface area contributed by atoms with Crippen LogP contribution in [0.4, 0.5) is 4.39 Å². The number of hydrogen-bond acceptors (Lipinski definition) is 2. The van der Waals surface area contributed by atoms with Crippen molar-refractivity contribution in [2.45, 2.75) is 65.2 Å². The molecule has 3 saturated carbocycles. The lowest BCUT2D eigenvalue weighted by molar-refractivity contribution is -0.132. The molecule has 0 bridgehead atoms. The van der Waals surface area contributed by atoms with Gasteiger partial charge in [0.1, 0.15) is 5.78 Å². The fraction of sp³-hybridized carbons (Fsp3) is 0.789. The number of halogens is 1. The Balaban J connectivity index is 1.73. The van der Waals surface area contributed by atoms with Crippen molar-refractivity contribution in [3.63, 3.8) is 0 Å². The molecule has 0 radical (unpaired) electrons. The van der Waals surface area contributed by atoms with Crippen LogP contribution in [-0.2, 0) is 9.59 Å². The van der Waals surface area contributed by atoms with Gasteiger partial charge in [0.25, 0.3) is 0 Å². The summed E-state index contributed by atoms with van der Waals surface area (Å²) in [6, 6.07) is 0. The Labute approximate surface area is 131 Å². The second kappa shape index (κ2) is 4.52. The number of fused-ring (bicyclic) bond motifs is 5. The van der Waals surface area contributed by atoms with Gasteiger partial charge in [0.15, 0.2) is 11.6 Å². The SMILES string of the molecule is C[C@]12CCC(=O)C(F)=C1CC[C@@H]1[C@@H]2CC[C@]2(C)C(=O)CC[C@@H]12. The molecule has 0 N–H and O–H groups in total. The van der Waals surface area contributed by atoms with Gasteiger partial charge in [-0.1, -0.05) is 13.8 Å². The average molecular weight is 304 g/mol. The van der Waals surface area contributed by atoms with Crippen molar-refractivity contribution in [2.24, 2.45) is 28.6 Å². The quantitative estimate of drug-likeness (QED) is 0.665. The van der Waals surface area contributed by atoms with Crippen LogP contribution in [0.25, 0.3) is 0 Å². The van der Waals surface area contributed by atoms with Crippen LogP contribution in [-0.4, -0.2) is 11.6 Å². The lowest BCUT2D eigenvalue weighted by Gasteiger charge is -2.56. The van der Waals surface area contributed by atoms with Crippen molar-refractivity contribution in [1.82, 2.24) is 0 Å². The largest absolute Gasteiger partial charge is 0.299 e. The molecule has 22 heavy (non-hydrogen) atoms. The Morgan fingerprint density at radius 2 is 1.64 bits per heavy atom. The Morgan fingerprint density at radius 1 is 0.909 bits per heavy atom. The normalized spacial score (nSPS) is 48.0. The lowest BCUT2D eigenvalue weighted by Crippen LogP contribution is -2.51. The first-order chi connectivity index (χ1) is 10.4. The highest BCUT2D eigenvalue weighted by molar-refractivity contribution is 5.95. The topological polar surface area (TPSA) is 34.1 Å². The van der Waals surface area contributed by atoms with E-state index in [1.807, 2.05) is 0 Å². The van der Waals surface area contributed by atoms with Crippen LogP contribution < -0.4 is 0 Å². The zero-order valence-electron chi connectivity index (χ0n) is 13.6. The Hall–Kier alpha value is -0.990. The highest BCUT2D eigenvalue weighted by Crippen LogP contribution is 2.64. The van der Waals surface area contributed by atoms with E-state index in [0.717, 1.165) is 50.5 Å². The van der Waals surface area contributed by atoms with E-state index in [1.165, 1.54) is 0 Å². The predicted octanol–water partition coefficient (Wildman–Crippen LogP) is 4.38. The number of allylic oxidation sites excluding steroid dienone is 1. The van der Waals surface area contributed by atoms with Crippen molar-refractivity contribution >= 4 is 11.6 Å². The summed E-state index contributed by atoms with van der Waals surface area (Å²) in [5.74, 6) is 1.22. The van der Waals surface area contributed by atoms with Crippen molar-refractivity contribution in [1.29, 1.82) is 0 Å². The molecule has 120 valence electrons. The van der Waals surface area contributed by atoms with Crippen LogP contribution in [0.2, 0.25) is 0 Å². The van der Waals surface area contributed by atoms with Gasteiger partial charge in [-0.05, 0) is 67.3 Å². The van der Waals surface area contributed by atoms with Crippen LogP contribution in [0.3, 0.4) is 0 Å². The van der Waals surface area contributed by atoms with Gasteiger partial charge in [-0.25, -0.2) is 4.39 Å². The molecule has 0 aromatic heterocycles. The first kappa shape index (κ1) is 14.6. The maximum Gasteiger partial charge on any atom is 0.191 e. The molecule has 3 fully saturated rings. The van der Waals surface area contributed by atoms with Crippen molar-refractivity contribution in [3.05, 3.63) is 11.4 Å². The average Bonchev–Trinajstić information content (AvgIpc) is 2.79. The first-order valence-corrected chi connectivity index (χ1v) is 8.83. The molecule has 4 aliphatic rings. The van der Waals surface area contributed by atoms with E-state index in [4.69, 9.17) is 0 Å². The number of carbonyl (C=O) groups excluding carboxylic acids is 2. The summed E-state index contributed by atoms with van der Waals surface area (Å²) in [7, 11) is 0. The fourth-order valence-electron chi connectivity index (χ4n) is 6.42. The lowest BCUT2D eigenvalue weighted by atomic mass is 9.47. The highest BCUT2D eigenvalue weighted by Gasteiger charge is 2.59. The maximum absolute atomic E-state index is 14.4. The zero-order valence-corrected chi connectivity index (χ0v) is 13.6. The molecule has 5 atom stereocenters. The number of hydrogen-bond donors (Lipinski definition) is 0. The monoisotopic (exact) mass is 304 g/mol. The number of Topliss-reactive ketones (excluding diaryl/α,β-unsaturated/α-hetero) is 2. The van der Waals surface area contributed by atoms with E-state index < -0.39 is 5.83 Å². The number of carbonyl (C=O) groups is 2. The van der Waals surface area contributed by atoms with E-state index >= 15 is 0 Å². The van der Waals surface area contributed by atoms with Crippen molar-refractivity contribution in [2.75, 3.05) is 0 Å². The Morgan fingerprint density at radius 3 is 2.41 bits per heavy atom. The van der Waals surface area contributed by atoms with Gasteiger partial charge in [-0.3, -0.25) is 9.59 Å². The summed E-state index contributed by atoms with van der Waals surface area (Å²) in [6.07, 6.45) is 6.56. The Bertz CT molecular complexity index is 592. The number of ketones is 2. The molecule has 0 aromatic rings. The molecule has 0 aromatic carbocycles. The van der Waals surface area contributed by atoms with Crippen molar-refractivity contribution < 1.29 is 14.0 Å². The highest BCUT2D eigenvalue weighted by atomic mass is 19.1. The molecule has 0 aliphatic heterocycles. The summed E-state index contributed by atoms with van der Waals surface area (Å²) in [5, 5.41) is 0. The van der Waals surface area contributed by atoms with Crippen LogP contribution >= 0.6 is 0 Å². The summed E-state index contributed by atoms with van der Waals surface area (Å²) in [6.45, 7) is 4.35. The maximum atomic E-state index is 14.4. The third kappa shape index (κ3) is 1.66. The molecular formula is C19H25FO2. The molecule has 0 spiro atoms. The molecule has 4 aliphatic carbocycles. The third-order valence-electron chi connectivity index (χ3n) is 7.76. The predicted molar refractivity (Wildman–Crippen MR) is 81.8 cm³/mol. The zero-order chi connectivity index (χ0) is 15.7. The minimum absolute atomic E-state index is 0.123.